The average Bonchev–Trinajstić information content (AvgIpc) is 2.95. The first kappa shape index (κ1) is 8.71. The maximum Gasteiger partial charge on any atom is 0.254 e. The molecule has 14 heavy (non-hydrogen) atoms. The normalized spacial score (nSPS) is 20.1. The summed E-state index contributed by atoms with van der Waals surface area (Å²) in [5.41, 5.74) is 2.12. The third-order valence-electron chi connectivity index (χ3n) is 2.89. The Morgan fingerprint density at radius 1 is 1.36 bits per heavy atom. The standard InChI is InChI=1S/C11H10INO/c12-8-2-1-7-6-13(9-3-4-9)11(14)10(7)5-8/h1-2,5,9H,3-4,6H2. The van der Waals surface area contributed by atoms with Gasteiger partial charge in [-0.15, -0.1) is 0 Å². The van der Waals surface area contributed by atoms with Crippen molar-refractivity contribution in [3.8, 4) is 0 Å². The average molecular weight is 299 g/mol. The van der Waals surface area contributed by atoms with Gasteiger partial charge in [0.15, 0.2) is 0 Å². The highest BCUT2D eigenvalue weighted by molar-refractivity contribution is 14.1. The molecule has 72 valence electrons. The van der Waals surface area contributed by atoms with Crippen molar-refractivity contribution < 1.29 is 4.79 Å². The summed E-state index contributed by atoms with van der Waals surface area (Å²) in [7, 11) is 0. The van der Waals surface area contributed by atoms with E-state index in [0.29, 0.717) is 6.04 Å². The van der Waals surface area contributed by atoms with Gasteiger partial charge < -0.3 is 4.90 Å². The van der Waals surface area contributed by atoms with Gasteiger partial charge in [-0.25, -0.2) is 0 Å². The Labute approximate surface area is 96.4 Å². The SMILES string of the molecule is O=C1c2cc(I)ccc2CN1C1CC1. The first-order valence-electron chi connectivity index (χ1n) is 4.85. The molecule has 1 fully saturated rings. The second kappa shape index (κ2) is 2.95. The summed E-state index contributed by atoms with van der Waals surface area (Å²) >= 11 is 2.25. The van der Waals surface area contributed by atoms with Crippen LogP contribution in [0.3, 0.4) is 0 Å². The van der Waals surface area contributed by atoms with Crippen LogP contribution < -0.4 is 0 Å². The van der Waals surface area contributed by atoms with Crippen molar-refractivity contribution in [1.82, 2.24) is 4.90 Å². The Kier molecular flexibility index (Phi) is 1.84. The Balaban J connectivity index is 2.01. The van der Waals surface area contributed by atoms with E-state index in [-0.39, 0.29) is 5.91 Å². The zero-order chi connectivity index (χ0) is 9.71. The number of amides is 1. The molecule has 0 aromatic heterocycles. The number of benzene rings is 1. The molecule has 2 nitrogen and oxygen atoms in total. The number of nitrogens with zero attached hydrogens (tertiary/aromatic N) is 1. The minimum absolute atomic E-state index is 0.237. The molecular formula is C11H10INO. The molecule has 1 aromatic carbocycles. The number of rotatable bonds is 1. The topological polar surface area (TPSA) is 20.3 Å². The van der Waals surface area contributed by atoms with Crippen LogP contribution in [0.4, 0.5) is 0 Å². The van der Waals surface area contributed by atoms with Gasteiger partial charge in [-0.3, -0.25) is 4.79 Å². The van der Waals surface area contributed by atoms with E-state index in [2.05, 4.69) is 34.7 Å². The smallest absolute Gasteiger partial charge is 0.254 e. The lowest BCUT2D eigenvalue weighted by molar-refractivity contribution is 0.0766. The van der Waals surface area contributed by atoms with Crippen LogP contribution in [-0.2, 0) is 6.54 Å². The molecule has 0 atom stereocenters. The fourth-order valence-corrected chi connectivity index (χ4v) is 2.47. The minimum Gasteiger partial charge on any atom is -0.331 e. The van der Waals surface area contributed by atoms with Crippen LogP contribution in [-0.4, -0.2) is 16.8 Å². The molecule has 1 saturated carbocycles. The van der Waals surface area contributed by atoms with Gasteiger partial charge >= 0.3 is 0 Å². The molecule has 1 aliphatic heterocycles. The van der Waals surface area contributed by atoms with E-state index in [0.717, 1.165) is 15.7 Å². The Morgan fingerprint density at radius 2 is 2.14 bits per heavy atom. The first-order valence-corrected chi connectivity index (χ1v) is 5.93. The van der Waals surface area contributed by atoms with Crippen LogP contribution in [0.5, 0.6) is 0 Å². The van der Waals surface area contributed by atoms with E-state index in [4.69, 9.17) is 0 Å². The molecule has 2 aliphatic rings. The van der Waals surface area contributed by atoms with Gasteiger partial charge in [-0.2, -0.15) is 0 Å². The van der Waals surface area contributed by atoms with E-state index in [1.54, 1.807) is 0 Å². The van der Waals surface area contributed by atoms with Gasteiger partial charge in [-0.05, 0) is 53.1 Å². The van der Waals surface area contributed by atoms with Crippen molar-refractivity contribution >= 4 is 28.5 Å². The molecule has 1 amide bonds. The van der Waals surface area contributed by atoms with Crippen molar-refractivity contribution in [2.75, 3.05) is 0 Å². The lowest BCUT2D eigenvalue weighted by Gasteiger charge is -2.13. The number of hydrogen-bond donors (Lipinski definition) is 0. The zero-order valence-corrected chi connectivity index (χ0v) is 9.82. The maximum atomic E-state index is 12.0. The predicted molar refractivity (Wildman–Crippen MR) is 62.1 cm³/mol. The van der Waals surface area contributed by atoms with Gasteiger partial charge in [0.1, 0.15) is 0 Å². The lowest BCUT2D eigenvalue weighted by atomic mass is 10.1. The minimum atomic E-state index is 0.237. The second-order valence-corrected chi connectivity index (χ2v) is 5.21. The van der Waals surface area contributed by atoms with E-state index in [9.17, 15) is 4.79 Å². The third-order valence-corrected chi connectivity index (χ3v) is 3.56. The van der Waals surface area contributed by atoms with Crippen LogP contribution in [0.1, 0.15) is 28.8 Å². The quantitative estimate of drug-likeness (QED) is 0.729. The highest BCUT2D eigenvalue weighted by atomic mass is 127. The molecule has 0 N–H and O–H groups in total. The molecule has 1 aromatic rings. The highest BCUT2D eigenvalue weighted by Gasteiger charge is 2.37. The van der Waals surface area contributed by atoms with Gasteiger partial charge in [-0.1, -0.05) is 6.07 Å². The molecule has 0 unspecified atom stereocenters. The van der Waals surface area contributed by atoms with Crippen LogP contribution in [0.2, 0.25) is 0 Å². The summed E-state index contributed by atoms with van der Waals surface area (Å²) in [6, 6.07) is 6.69. The molecule has 3 rings (SSSR count). The summed E-state index contributed by atoms with van der Waals surface area (Å²) in [5.74, 6) is 0.237. The zero-order valence-electron chi connectivity index (χ0n) is 7.66. The molecule has 0 radical (unpaired) electrons. The van der Waals surface area contributed by atoms with Crippen LogP contribution in [0.25, 0.3) is 0 Å². The summed E-state index contributed by atoms with van der Waals surface area (Å²) in [5, 5.41) is 0. The molecule has 1 aliphatic carbocycles. The Morgan fingerprint density at radius 3 is 2.86 bits per heavy atom. The molecule has 0 spiro atoms. The Bertz CT molecular complexity index is 412. The fourth-order valence-electron chi connectivity index (χ4n) is 1.98. The van der Waals surface area contributed by atoms with Crippen LogP contribution in [0.15, 0.2) is 18.2 Å². The van der Waals surface area contributed by atoms with Gasteiger partial charge in [0.05, 0.1) is 0 Å². The number of hydrogen-bond acceptors (Lipinski definition) is 1. The Hall–Kier alpha value is -0.580. The third kappa shape index (κ3) is 1.26. The number of fused-ring (bicyclic) bond motifs is 1. The molecule has 0 bridgehead atoms. The fraction of sp³-hybridized carbons (Fsp3) is 0.364. The lowest BCUT2D eigenvalue weighted by Crippen LogP contribution is -2.25. The summed E-state index contributed by atoms with van der Waals surface area (Å²) in [6.45, 7) is 0.829. The van der Waals surface area contributed by atoms with Crippen LogP contribution >= 0.6 is 22.6 Å². The van der Waals surface area contributed by atoms with Crippen molar-refractivity contribution in [2.45, 2.75) is 25.4 Å². The van der Waals surface area contributed by atoms with Crippen LogP contribution in [0, 0.1) is 3.57 Å². The van der Waals surface area contributed by atoms with E-state index >= 15 is 0 Å². The van der Waals surface area contributed by atoms with Gasteiger partial charge in [0.2, 0.25) is 0 Å². The van der Waals surface area contributed by atoms with Crippen molar-refractivity contribution in [3.63, 3.8) is 0 Å². The second-order valence-electron chi connectivity index (χ2n) is 3.97. The maximum absolute atomic E-state index is 12.0. The van der Waals surface area contributed by atoms with Crippen molar-refractivity contribution in [3.05, 3.63) is 32.9 Å². The van der Waals surface area contributed by atoms with E-state index in [1.807, 2.05) is 11.0 Å². The van der Waals surface area contributed by atoms with E-state index < -0.39 is 0 Å². The van der Waals surface area contributed by atoms with Crippen molar-refractivity contribution in [1.29, 1.82) is 0 Å². The predicted octanol–water partition coefficient (Wildman–Crippen LogP) is 2.41. The van der Waals surface area contributed by atoms with Crippen molar-refractivity contribution in [2.24, 2.45) is 0 Å². The highest BCUT2D eigenvalue weighted by Crippen LogP contribution is 2.34. The molecular weight excluding hydrogens is 289 g/mol. The summed E-state index contributed by atoms with van der Waals surface area (Å²) < 4.78 is 1.15. The molecule has 0 saturated heterocycles. The summed E-state index contributed by atoms with van der Waals surface area (Å²) in [4.78, 5) is 14.0. The summed E-state index contributed by atoms with van der Waals surface area (Å²) in [6.07, 6.45) is 2.38. The number of carbonyl (C=O) groups is 1. The molecule has 3 heteroatoms. The largest absolute Gasteiger partial charge is 0.331 e. The first-order chi connectivity index (χ1) is 6.75. The van der Waals surface area contributed by atoms with Gasteiger partial charge in [0, 0.05) is 21.7 Å². The number of carbonyl (C=O) groups excluding carboxylic acids is 1. The van der Waals surface area contributed by atoms with Gasteiger partial charge in [0.25, 0.3) is 5.91 Å². The number of halogens is 1. The monoisotopic (exact) mass is 299 g/mol. The molecule has 1 heterocycles. The van der Waals surface area contributed by atoms with E-state index in [1.165, 1.54) is 18.4 Å².